The lowest BCUT2D eigenvalue weighted by Crippen LogP contribution is -2.32. The molecule has 8 rings (SSSR count). The molecule has 0 atom stereocenters. The lowest BCUT2D eigenvalue weighted by atomic mass is 10.1. The summed E-state index contributed by atoms with van der Waals surface area (Å²) < 4.78 is 0. The minimum absolute atomic E-state index is 0.855. The van der Waals surface area contributed by atoms with Gasteiger partial charge in [-0.15, -0.1) is 0 Å². The first-order valence-corrected chi connectivity index (χ1v) is 21.2. The van der Waals surface area contributed by atoms with E-state index in [4.69, 9.17) is 4.98 Å². The first kappa shape index (κ1) is 32.0. The van der Waals surface area contributed by atoms with Crippen LogP contribution in [0.3, 0.4) is 0 Å². The Kier molecular flexibility index (Phi) is 9.19. The molecule has 8 aromatic rings. The summed E-state index contributed by atoms with van der Waals surface area (Å²) in [4.78, 5) is 5.39. The Morgan fingerprint density at radius 3 is 1.02 bits per heavy atom. The van der Waals surface area contributed by atoms with Crippen LogP contribution in [0.15, 0.2) is 212 Å². The van der Waals surface area contributed by atoms with E-state index in [9.17, 15) is 0 Å². The van der Waals surface area contributed by atoms with E-state index in [2.05, 4.69) is 212 Å². The summed E-state index contributed by atoms with van der Waals surface area (Å²) in [5, 5.41) is 9.49. The van der Waals surface area contributed by atoms with E-state index >= 15 is 0 Å². The second-order valence-corrected chi connectivity index (χ2v) is 19.7. The Bertz CT molecular complexity index is 1930. The van der Waals surface area contributed by atoms with Gasteiger partial charge in [-0.3, -0.25) is 0 Å². The van der Waals surface area contributed by atoms with Crippen LogP contribution in [0, 0.1) is 0 Å². The molecule has 0 saturated heterocycles. The second kappa shape index (κ2) is 14.3. The number of pyridine rings is 1. The van der Waals surface area contributed by atoms with E-state index in [-0.39, 0.29) is 0 Å². The van der Waals surface area contributed by atoms with Crippen LogP contribution in [-0.2, 0) is 12.3 Å². The Balaban J connectivity index is 1.22. The molecule has 0 saturated carbocycles. The van der Waals surface area contributed by atoms with Crippen molar-refractivity contribution in [3.63, 3.8) is 0 Å². The topological polar surface area (TPSA) is 12.9 Å². The van der Waals surface area contributed by atoms with Crippen molar-refractivity contribution >= 4 is 57.3 Å². The van der Waals surface area contributed by atoms with Crippen LogP contribution in [0.1, 0.15) is 11.3 Å². The molecule has 0 bridgehead atoms. The monoisotopic (exact) mass is 679 g/mol. The molecule has 0 aliphatic rings. The molecule has 1 heterocycles. The molecule has 1 nitrogen and oxygen atoms in total. The number of hydrogen-bond acceptors (Lipinski definition) is 1. The summed E-state index contributed by atoms with van der Waals surface area (Å²) in [6, 6.07) is 78.2. The zero-order valence-corrected chi connectivity index (χ0v) is 29.8. The molecule has 0 radical (unpaired) electrons. The molecule has 3 heteroatoms. The third kappa shape index (κ3) is 6.09. The van der Waals surface area contributed by atoms with Crippen molar-refractivity contribution in [1.29, 1.82) is 0 Å². The lowest BCUT2D eigenvalue weighted by Gasteiger charge is -2.28. The zero-order valence-electron chi connectivity index (χ0n) is 28.0. The van der Waals surface area contributed by atoms with Crippen LogP contribution >= 0.6 is 14.5 Å². The fourth-order valence-electron chi connectivity index (χ4n) is 7.46. The van der Waals surface area contributed by atoms with Gasteiger partial charge in [-0.1, -0.05) is 121 Å². The number of rotatable bonds is 10. The quantitative estimate of drug-likeness (QED) is 0.131. The van der Waals surface area contributed by atoms with E-state index in [1.165, 1.54) is 42.8 Å². The van der Waals surface area contributed by atoms with Crippen molar-refractivity contribution in [2.75, 3.05) is 0 Å². The van der Waals surface area contributed by atoms with Crippen LogP contribution in [0.5, 0.6) is 0 Å². The highest BCUT2D eigenvalue weighted by Crippen LogP contribution is 2.59. The molecule has 1 aromatic heterocycles. The van der Waals surface area contributed by atoms with Crippen LogP contribution in [0.2, 0.25) is 0 Å². The Morgan fingerprint density at radius 1 is 0.320 bits per heavy atom. The summed E-state index contributed by atoms with van der Waals surface area (Å²) in [5.74, 6) is 0. The maximum atomic E-state index is 5.39. The summed E-state index contributed by atoms with van der Waals surface area (Å²) in [6.07, 6.45) is 1.79. The van der Waals surface area contributed by atoms with Gasteiger partial charge in [-0.05, 0) is 96.6 Å². The summed E-state index contributed by atoms with van der Waals surface area (Å²) in [6.45, 7) is 0. The molecule has 50 heavy (non-hydrogen) atoms. The average Bonchev–Trinajstić information content (AvgIpc) is 3.21. The summed E-state index contributed by atoms with van der Waals surface area (Å²) in [7, 11) is -4.06. The Labute approximate surface area is 297 Å². The van der Waals surface area contributed by atoms with E-state index in [0.717, 1.165) is 23.5 Å². The van der Waals surface area contributed by atoms with Crippen molar-refractivity contribution in [1.82, 2.24) is 4.98 Å². The number of hydrogen-bond donors (Lipinski definition) is 0. The van der Waals surface area contributed by atoms with Crippen molar-refractivity contribution in [3.05, 3.63) is 224 Å². The Hall–Kier alpha value is -5.19. The van der Waals surface area contributed by atoms with Gasteiger partial charge in [0.15, 0.2) is 0 Å². The number of fused-ring (bicyclic) bond motifs is 1. The van der Waals surface area contributed by atoms with Gasteiger partial charge < -0.3 is 0 Å². The largest absolute Gasteiger partial charge is 0.249 e. The van der Waals surface area contributed by atoms with Crippen LogP contribution in [0.4, 0.5) is 0 Å². The van der Waals surface area contributed by atoms with Gasteiger partial charge in [0.25, 0.3) is 0 Å². The highest BCUT2D eigenvalue weighted by Gasteiger charge is 2.47. The molecule has 0 N–H and O–H groups in total. The van der Waals surface area contributed by atoms with Crippen molar-refractivity contribution < 1.29 is 0 Å². The van der Waals surface area contributed by atoms with E-state index in [1.807, 2.05) is 0 Å². The predicted molar refractivity (Wildman–Crippen MR) is 219 cm³/mol. The van der Waals surface area contributed by atoms with Crippen molar-refractivity contribution in [3.8, 4) is 0 Å². The van der Waals surface area contributed by atoms with E-state index in [1.54, 1.807) is 0 Å². The van der Waals surface area contributed by atoms with Gasteiger partial charge in [0.2, 0.25) is 0 Å². The molecule has 0 fully saturated rings. The van der Waals surface area contributed by atoms with Crippen molar-refractivity contribution in [2.45, 2.75) is 12.3 Å². The van der Waals surface area contributed by atoms with Crippen molar-refractivity contribution in [2.24, 2.45) is 0 Å². The second-order valence-electron chi connectivity index (χ2n) is 12.8. The van der Waals surface area contributed by atoms with Crippen LogP contribution in [-0.4, -0.2) is 4.98 Å². The fourth-order valence-corrected chi connectivity index (χ4v) is 15.8. The molecular weight excluding hydrogens is 640 g/mol. The molecule has 0 amide bonds. The van der Waals surface area contributed by atoms with Crippen LogP contribution < -0.4 is 31.8 Å². The number of aromatic nitrogens is 1. The lowest BCUT2D eigenvalue weighted by molar-refractivity contribution is 1.21. The summed E-state index contributed by atoms with van der Waals surface area (Å²) >= 11 is 0. The third-order valence-electron chi connectivity index (χ3n) is 9.81. The minimum atomic E-state index is -2.05. The molecule has 0 spiro atoms. The van der Waals surface area contributed by atoms with Gasteiger partial charge in [0.05, 0.1) is 17.4 Å². The SMILES string of the molecule is c1ccc([P+](Cc2ccc3nc(C[P+](c4ccccc4)(c4ccccc4)c4ccccc4)ccc3c2)(c2ccccc2)c2ccccc2)cc1. The zero-order chi connectivity index (χ0) is 33.6. The fraction of sp³-hybridized carbons (Fsp3) is 0.0426. The molecule has 240 valence electrons. The molecular formula is C47H39NP2+2. The smallest absolute Gasteiger partial charge is 0.118 e. The highest BCUT2D eigenvalue weighted by atomic mass is 31.2. The number of benzene rings is 7. The maximum absolute atomic E-state index is 5.39. The first-order valence-electron chi connectivity index (χ1n) is 17.2. The first-order chi connectivity index (χ1) is 24.8. The molecule has 0 unspecified atom stereocenters. The number of nitrogens with zero attached hydrogens (tertiary/aromatic N) is 1. The third-order valence-corrected chi connectivity index (χ3v) is 18.5. The van der Waals surface area contributed by atoms with E-state index < -0.39 is 14.5 Å². The normalized spacial score (nSPS) is 11.8. The minimum Gasteiger partial charge on any atom is -0.249 e. The molecule has 0 aliphatic carbocycles. The maximum Gasteiger partial charge on any atom is 0.118 e. The van der Waals surface area contributed by atoms with Gasteiger partial charge in [0.1, 0.15) is 52.5 Å². The Morgan fingerprint density at radius 2 is 0.660 bits per heavy atom. The predicted octanol–water partition coefficient (Wildman–Crippen LogP) is 9.22. The van der Waals surface area contributed by atoms with Gasteiger partial charge in [-0.25, -0.2) is 4.98 Å². The van der Waals surface area contributed by atoms with Crippen LogP contribution in [0.25, 0.3) is 10.9 Å². The molecule has 7 aromatic carbocycles. The van der Waals surface area contributed by atoms with Gasteiger partial charge in [0, 0.05) is 5.39 Å². The molecule has 0 aliphatic heterocycles. The average molecular weight is 680 g/mol. The highest BCUT2D eigenvalue weighted by molar-refractivity contribution is 7.95. The van der Waals surface area contributed by atoms with Gasteiger partial charge >= 0.3 is 0 Å². The summed E-state index contributed by atoms with van der Waals surface area (Å²) in [5.41, 5.74) is 3.49. The standard InChI is InChI=1S/C47H39NP2/c1-7-19-41(20-8-1)49(42-21-9-2-10-22-42,43-23-11-3-12-24-43)36-38-31-34-47-39(35-38)32-33-40(48-47)37-50(44-25-13-4-14-26-44,45-27-15-5-16-28-45)46-29-17-6-18-30-46/h1-35H,36-37H2/q+2. The van der Waals surface area contributed by atoms with E-state index in [0.29, 0.717) is 0 Å². The van der Waals surface area contributed by atoms with Gasteiger partial charge in [-0.2, -0.15) is 0 Å².